The van der Waals surface area contributed by atoms with Gasteiger partial charge < -0.3 is 20.1 Å². The summed E-state index contributed by atoms with van der Waals surface area (Å²) >= 11 is 9.95. The van der Waals surface area contributed by atoms with E-state index >= 15 is 0 Å². The highest BCUT2D eigenvalue weighted by molar-refractivity contribution is 9.10. The molecular formula is C28H25BrClN5O3. The summed E-state index contributed by atoms with van der Waals surface area (Å²) < 4.78 is 14.2. The molecule has 1 atom stereocenters. The zero-order valence-electron chi connectivity index (χ0n) is 21.0. The number of allylic oxidation sites excluding steroid dienone is 1. The average Bonchev–Trinajstić information content (AvgIpc) is 3.35. The van der Waals surface area contributed by atoms with E-state index in [2.05, 4.69) is 36.6 Å². The van der Waals surface area contributed by atoms with Gasteiger partial charge in [0.2, 0.25) is 5.95 Å². The van der Waals surface area contributed by atoms with Crippen molar-refractivity contribution in [3.63, 3.8) is 0 Å². The summed E-state index contributed by atoms with van der Waals surface area (Å²) in [7, 11) is 1.57. The van der Waals surface area contributed by atoms with Gasteiger partial charge in [0.15, 0.2) is 11.5 Å². The Morgan fingerprint density at radius 3 is 2.74 bits per heavy atom. The molecule has 0 fully saturated rings. The molecule has 0 saturated carbocycles. The topological polar surface area (TPSA) is 90.3 Å². The summed E-state index contributed by atoms with van der Waals surface area (Å²) in [6, 6.07) is 18.4. The summed E-state index contributed by atoms with van der Waals surface area (Å²) in [6.45, 7) is 4.09. The Hall–Kier alpha value is -3.82. The first kappa shape index (κ1) is 25.8. The lowest BCUT2D eigenvalue weighted by Crippen LogP contribution is -2.31. The number of carbonyl (C=O) groups excluding carboxylic acids is 1. The Balaban J connectivity index is 1.52. The zero-order valence-corrected chi connectivity index (χ0v) is 23.3. The number of ether oxygens (including phenoxy) is 2. The highest BCUT2D eigenvalue weighted by Gasteiger charge is 2.34. The van der Waals surface area contributed by atoms with Gasteiger partial charge in [-0.3, -0.25) is 4.79 Å². The van der Waals surface area contributed by atoms with Crippen molar-refractivity contribution in [2.75, 3.05) is 17.7 Å². The molecular weight excluding hydrogens is 570 g/mol. The van der Waals surface area contributed by atoms with Crippen LogP contribution in [0.5, 0.6) is 11.5 Å². The van der Waals surface area contributed by atoms with Crippen molar-refractivity contribution in [3.05, 3.63) is 104 Å². The van der Waals surface area contributed by atoms with E-state index < -0.39 is 6.04 Å². The van der Waals surface area contributed by atoms with Crippen LogP contribution in [0.4, 0.5) is 11.6 Å². The largest absolute Gasteiger partial charge is 0.493 e. The van der Waals surface area contributed by atoms with Gasteiger partial charge in [0.1, 0.15) is 19.0 Å². The van der Waals surface area contributed by atoms with E-state index in [1.54, 1.807) is 11.8 Å². The summed E-state index contributed by atoms with van der Waals surface area (Å²) in [4.78, 5) is 18.0. The summed E-state index contributed by atoms with van der Waals surface area (Å²) in [5.41, 5.74) is 4.55. The van der Waals surface area contributed by atoms with Gasteiger partial charge in [-0.05, 0) is 71.2 Å². The van der Waals surface area contributed by atoms with Gasteiger partial charge in [-0.2, -0.15) is 10.1 Å². The monoisotopic (exact) mass is 593 g/mol. The lowest BCUT2D eigenvalue weighted by atomic mass is 9.94. The minimum atomic E-state index is -0.568. The van der Waals surface area contributed by atoms with Crippen molar-refractivity contribution in [1.29, 1.82) is 0 Å². The molecule has 1 aliphatic heterocycles. The van der Waals surface area contributed by atoms with E-state index in [4.69, 9.17) is 21.1 Å². The van der Waals surface area contributed by atoms with Crippen molar-refractivity contribution in [2.24, 2.45) is 0 Å². The molecule has 194 valence electrons. The van der Waals surface area contributed by atoms with Crippen LogP contribution in [0.25, 0.3) is 0 Å². The lowest BCUT2D eigenvalue weighted by molar-refractivity contribution is -0.113. The molecule has 2 heterocycles. The second-order valence-electron chi connectivity index (χ2n) is 8.83. The number of nitrogens with zero attached hydrogens (tertiary/aromatic N) is 3. The van der Waals surface area contributed by atoms with E-state index in [9.17, 15) is 4.79 Å². The maximum atomic E-state index is 13.7. The maximum absolute atomic E-state index is 13.7. The predicted molar refractivity (Wildman–Crippen MR) is 151 cm³/mol. The quantitative estimate of drug-likeness (QED) is 0.253. The minimum absolute atomic E-state index is 0.249. The smallest absolute Gasteiger partial charge is 0.255 e. The SMILES string of the molecule is COc1cc(C2C(C(=O)Nc3cccc(C)c3)=C(C)Nc3ncnn32)cc(Br)c1OCc1ccccc1Cl. The molecule has 8 nitrogen and oxygen atoms in total. The first-order chi connectivity index (χ1) is 18.4. The third-order valence-electron chi connectivity index (χ3n) is 6.21. The van der Waals surface area contributed by atoms with E-state index in [0.717, 1.165) is 16.7 Å². The molecule has 4 aromatic rings. The van der Waals surface area contributed by atoms with Crippen LogP contribution in [0.15, 0.2) is 82.7 Å². The van der Waals surface area contributed by atoms with E-state index in [1.165, 1.54) is 6.33 Å². The van der Waals surface area contributed by atoms with Crippen LogP contribution in [0.1, 0.15) is 29.7 Å². The highest BCUT2D eigenvalue weighted by Crippen LogP contribution is 2.43. The molecule has 0 aliphatic carbocycles. The van der Waals surface area contributed by atoms with Crippen LogP contribution in [0, 0.1) is 6.92 Å². The summed E-state index contributed by atoms with van der Waals surface area (Å²) in [6.07, 6.45) is 1.46. The fourth-order valence-electron chi connectivity index (χ4n) is 4.42. The van der Waals surface area contributed by atoms with Crippen molar-refractivity contribution in [3.8, 4) is 11.5 Å². The number of carbonyl (C=O) groups is 1. The first-order valence-corrected chi connectivity index (χ1v) is 13.0. The Bertz CT molecular complexity index is 1550. The summed E-state index contributed by atoms with van der Waals surface area (Å²) in [5, 5.41) is 11.3. The van der Waals surface area contributed by atoms with Crippen LogP contribution in [0.3, 0.4) is 0 Å². The molecule has 0 radical (unpaired) electrons. The Labute approximate surface area is 233 Å². The number of aryl methyl sites for hydroxylation is 1. The Morgan fingerprint density at radius 1 is 1.16 bits per heavy atom. The molecule has 1 unspecified atom stereocenters. The maximum Gasteiger partial charge on any atom is 0.255 e. The van der Waals surface area contributed by atoms with Crippen molar-refractivity contribution < 1.29 is 14.3 Å². The first-order valence-electron chi connectivity index (χ1n) is 11.8. The van der Waals surface area contributed by atoms with Gasteiger partial charge in [-0.25, -0.2) is 4.68 Å². The van der Waals surface area contributed by atoms with Crippen LogP contribution in [0.2, 0.25) is 5.02 Å². The fourth-order valence-corrected chi connectivity index (χ4v) is 5.18. The lowest BCUT2D eigenvalue weighted by Gasteiger charge is -2.29. The second kappa shape index (κ2) is 10.9. The van der Waals surface area contributed by atoms with Gasteiger partial charge in [0.05, 0.1) is 17.2 Å². The summed E-state index contributed by atoms with van der Waals surface area (Å²) in [5.74, 6) is 1.31. The minimum Gasteiger partial charge on any atom is -0.493 e. The number of nitrogens with one attached hydrogen (secondary N) is 2. The van der Waals surface area contributed by atoms with Crippen LogP contribution < -0.4 is 20.1 Å². The number of halogens is 2. The standard InChI is InChI=1S/C28H25BrClN5O3/c1-16-7-6-9-20(11-16)34-27(36)24-17(2)33-28-31-15-32-35(28)25(24)19-12-21(29)26(23(13-19)37-3)38-14-18-8-4-5-10-22(18)30/h4-13,15,25H,14H2,1-3H3,(H,34,36)(H,31,32,33). The molecule has 5 rings (SSSR count). The number of hydrogen-bond donors (Lipinski definition) is 2. The molecule has 0 saturated heterocycles. The van der Waals surface area contributed by atoms with Gasteiger partial charge in [0.25, 0.3) is 5.91 Å². The third kappa shape index (κ3) is 5.12. The molecule has 0 bridgehead atoms. The zero-order chi connectivity index (χ0) is 26.8. The molecule has 10 heteroatoms. The van der Waals surface area contributed by atoms with Gasteiger partial charge in [0, 0.05) is 22.0 Å². The van der Waals surface area contributed by atoms with E-state index in [-0.39, 0.29) is 12.5 Å². The molecule has 2 N–H and O–H groups in total. The van der Waals surface area contributed by atoms with E-state index in [1.807, 2.05) is 74.5 Å². The normalized spacial score (nSPS) is 14.5. The molecule has 1 amide bonds. The molecule has 1 aromatic heterocycles. The molecule has 1 aliphatic rings. The highest BCUT2D eigenvalue weighted by atomic mass is 79.9. The molecule has 3 aromatic carbocycles. The Kier molecular flexibility index (Phi) is 7.40. The van der Waals surface area contributed by atoms with E-state index in [0.29, 0.717) is 43.9 Å². The van der Waals surface area contributed by atoms with Gasteiger partial charge in [-0.15, -0.1) is 0 Å². The number of benzene rings is 3. The van der Waals surface area contributed by atoms with Crippen LogP contribution in [-0.4, -0.2) is 27.8 Å². The van der Waals surface area contributed by atoms with Crippen molar-refractivity contribution >= 4 is 45.1 Å². The third-order valence-corrected chi connectivity index (χ3v) is 7.17. The van der Waals surface area contributed by atoms with Crippen molar-refractivity contribution in [2.45, 2.75) is 26.5 Å². The number of anilines is 2. The number of rotatable bonds is 7. The number of amides is 1. The number of fused-ring (bicyclic) bond motifs is 1. The number of hydrogen-bond acceptors (Lipinski definition) is 6. The molecule has 38 heavy (non-hydrogen) atoms. The van der Waals surface area contributed by atoms with Crippen molar-refractivity contribution in [1.82, 2.24) is 14.8 Å². The fraction of sp³-hybridized carbons (Fsp3) is 0.179. The van der Waals surface area contributed by atoms with Crippen LogP contribution >= 0.6 is 27.5 Å². The Morgan fingerprint density at radius 2 is 1.97 bits per heavy atom. The van der Waals surface area contributed by atoms with Gasteiger partial charge in [-0.1, -0.05) is 41.9 Å². The van der Waals surface area contributed by atoms with Crippen LogP contribution in [-0.2, 0) is 11.4 Å². The second-order valence-corrected chi connectivity index (χ2v) is 10.1. The predicted octanol–water partition coefficient (Wildman–Crippen LogP) is 6.52. The number of methoxy groups -OCH3 is 1. The molecule has 0 spiro atoms. The number of aromatic nitrogens is 3. The average molecular weight is 595 g/mol. The van der Waals surface area contributed by atoms with Gasteiger partial charge >= 0.3 is 0 Å².